The number of anilines is 1. The van der Waals surface area contributed by atoms with Crippen molar-refractivity contribution in [3.8, 4) is 5.88 Å². The Hall–Kier alpha value is -1.85. The van der Waals surface area contributed by atoms with Crippen LogP contribution in [0.1, 0.15) is 19.3 Å². The normalized spacial score (nSPS) is 22.4. The maximum atomic E-state index is 12.0. The molecule has 6 nitrogen and oxygen atoms in total. The summed E-state index contributed by atoms with van der Waals surface area (Å²) < 4.78 is 5.09. The quantitative estimate of drug-likeness (QED) is 0.860. The van der Waals surface area contributed by atoms with Gasteiger partial charge in [-0.15, -0.1) is 0 Å². The highest BCUT2D eigenvalue weighted by Crippen LogP contribution is 2.25. The zero-order valence-corrected chi connectivity index (χ0v) is 11.0. The molecule has 1 aromatic rings. The van der Waals surface area contributed by atoms with Gasteiger partial charge >= 0.3 is 0 Å². The maximum absolute atomic E-state index is 12.0. The summed E-state index contributed by atoms with van der Waals surface area (Å²) >= 11 is 0. The molecule has 1 amide bonds. The van der Waals surface area contributed by atoms with E-state index in [1.165, 1.54) is 6.33 Å². The number of nitrogens with one attached hydrogen (secondary N) is 1. The van der Waals surface area contributed by atoms with Crippen molar-refractivity contribution in [1.82, 2.24) is 15.3 Å². The molecule has 3 rings (SSSR count). The van der Waals surface area contributed by atoms with E-state index in [1.54, 1.807) is 13.2 Å². The van der Waals surface area contributed by atoms with E-state index in [4.69, 9.17) is 4.74 Å². The Labute approximate surface area is 112 Å². The van der Waals surface area contributed by atoms with Crippen LogP contribution in [0.3, 0.4) is 0 Å². The van der Waals surface area contributed by atoms with Gasteiger partial charge in [0.25, 0.3) is 0 Å². The summed E-state index contributed by atoms with van der Waals surface area (Å²) in [7, 11) is 1.59. The van der Waals surface area contributed by atoms with Gasteiger partial charge in [0.05, 0.1) is 13.0 Å². The minimum atomic E-state index is 0.0709. The zero-order valence-electron chi connectivity index (χ0n) is 11.0. The van der Waals surface area contributed by atoms with Crippen molar-refractivity contribution in [2.75, 3.05) is 25.1 Å². The number of hydrogen-bond donors (Lipinski definition) is 1. The van der Waals surface area contributed by atoms with Crippen molar-refractivity contribution in [1.29, 1.82) is 0 Å². The van der Waals surface area contributed by atoms with E-state index in [9.17, 15) is 4.79 Å². The smallest absolute Gasteiger partial charge is 0.225 e. The van der Waals surface area contributed by atoms with Crippen LogP contribution < -0.4 is 15.0 Å². The SMILES string of the molecule is COc1cc(N2CCC(C(=O)NC3CC3)C2)ncn1. The summed E-state index contributed by atoms with van der Waals surface area (Å²) in [6, 6.07) is 2.24. The molecule has 6 heteroatoms. The standard InChI is InChI=1S/C13H18N4O2/c1-19-12-6-11(14-8-15-12)17-5-4-9(7-17)13(18)16-10-2-3-10/h6,8-10H,2-5,7H2,1H3,(H,16,18). The minimum Gasteiger partial charge on any atom is -0.481 e. The van der Waals surface area contributed by atoms with Gasteiger partial charge in [-0.25, -0.2) is 9.97 Å². The summed E-state index contributed by atoms with van der Waals surface area (Å²) in [6.45, 7) is 1.57. The highest BCUT2D eigenvalue weighted by molar-refractivity contribution is 5.80. The molecule has 0 radical (unpaired) electrons. The first kappa shape index (κ1) is 12.2. The largest absolute Gasteiger partial charge is 0.481 e. The Morgan fingerprint density at radius 1 is 1.42 bits per heavy atom. The van der Waals surface area contributed by atoms with Crippen LogP contribution in [0.15, 0.2) is 12.4 Å². The Morgan fingerprint density at radius 3 is 3.00 bits per heavy atom. The summed E-state index contributed by atoms with van der Waals surface area (Å²) in [5.74, 6) is 1.64. The molecule has 1 saturated carbocycles. The third-order valence-electron chi connectivity index (χ3n) is 3.64. The highest BCUT2D eigenvalue weighted by atomic mass is 16.5. The lowest BCUT2D eigenvalue weighted by molar-refractivity contribution is -0.124. The summed E-state index contributed by atoms with van der Waals surface area (Å²) in [5.41, 5.74) is 0. The molecule has 1 aliphatic heterocycles. The van der Waals surface area contributed by atoms with Gasteiger partial charge in [0.1, 0.15) is 12.1 Å². The van der Waals surface area contributed by atoms with Gasteiger partial charge < -0.3 is 15.0 Å². The number of nitrogens with zero attached hydrogens (tertiary/aromatic N) is 3. The van der Waals surface area contributed by atoms with Gasteiger partial charge in [-0.2, -0.15) is 0 Å². The molecule has 0 aromatic carbocycles. The predicted molar refractivity (Wildman–Crippen MR) is 70.1 cm³/mol. The molecule has 102 valence electrons. The summed E-state index contributed by atoms with van der Waals surface area (Å²) in [6.07, 6.45) is 4.63. The first-order valence-electron chi connectivity index (χ1n) is 6.67. The highest BCUT2D eigenvalue weighted by Gasteiger charge is 2.32. The molecule has 1 N–H and O–H groups in total. The molecular formula is C13H18N4O2. The number of methoxy groups -OCH3 is 1. The van der Waals surface area contributed by atoms with Crippen LogP contribution in [0.25, 0.3) is 0 Å². The fraction of sp³-hybridized carbons (Fsp3) is 0.615. The zero-order chi connectivity index (χ0) is 13.2. The van der Waals surface area contributed by atoms with Crippen molar-refractivity contribution < 1.29 is 9.53 Å². The number of carbonyl (C=O) groups is 1. The topological polar surface area (TPSA) is 67.3 Å². The van der Waals surface area contributed by atoms with Crippen LogP contribution >= 0.6 is 0 Å². The van der Waals surface area contributed by atoms with Crippen LogP contribution in [0.2, 0.25) is 0 Å². The average Bonchev–Trinajstić information content (AvgIpc) is 3.11. The molecule has 1 aliphatic carbocycles. The fourth-order valence-electron chi connectivity index (χ4n) is 2.34. The molecule has 1 aromatic heterocycles. The van der Waals surface area contributed by atoms with E-state index >= 15 is 0 Å². The average molecular weight is 262 g/mol. The second-order valence-electron chi connectivity index (χ2n) is 5.13. The van der Waals surface area contributed by atoms with E-state index in [0.717, 1.165) is 38.2 Å². The first-order valence-corrected chi connectivity index (χ1v) is 6.67. The van der Waals surface area contributed by atoms with E-state index in [0.29, 0.717) is 11.9 Å². The lowest BCUT2D eigenvalue weighted by Gasteiger charge is -2.17. The van der Waals surface area contributed by atoms with Crippen LogP contribution in [0, 0.1) is 5.92 Å². The fourth-order valence-corrected chi connectivity index (χ4v) is 2.34. The minimum absolute atomic E-state index is 0.0709. The monoisotopic (exact) mass is 262 g/mol. The molecule has 2 fully saturated rings. The molecule has 19 heavy (non-hydrogen) atoms. The molecule has 0 spiro atoms. The summed E-state index contributed by atoms with van der Waals surface area (Å²) in [4.78, 5) is 22.3. The second-order valence-corrected chi connectivity index (χ2v) is 5.13. The van der Waals surface area contributed by atoms with Gasteiger partial charge in [0.15, 0.2) is 0 Å². The van der Waals surface area contributed by atoms with Crippen molar-refractivity contribution in [2.45, 2.75) is 25.3 Å². The number of aromatic nitrogens is 2. The van der Waals surface area contributed by atoms with Crippen LogP contribution in [0.5, 0.6) is 5.88 Å². The lowest BCUT2D eigenvalue weighted by atomic mass is 10.1. The van der Waals surface area contributed by atoms with Crippen LogP contribution in [-0.4, -0.2) is 42.1 Å². The van der Waals surface area contributed by atoms with Crippen molar-refractivity contribution in [3.05, 3.63) is 12.4 Å². The van der Waals surface area contributed by atoms with E-state index in [2.05, 4.69) is 20.2 Å². The molecule has 1 unspecified atom stereocenters. The Bertz CT molecular complexity index is 475. The van der Waals surface area contributed by atoms with E-state index < -0.39 is 0 Å². The molecule has 2 aliphatic rings. The Kier molecular flexibility index (Phi) is 3.23. The third kappa shape index (κ3) is 2.77. The van der Waals surface area contributed by atoms with Gasteiger partial charge in [0.2, 0.25) is 11.8 Å². The van der Waals surface area contributed by atoms with E-state index in [-0.39, 0.29) is 11.8 Å². The van der Waals surface area contributed by atoms with Crippen molar-refractivity contribution in [3.63, 3.8) is 0 Å². The van der Waals surface area contributed by atoms with Gasteiger partial charge in [-0.3, -0.25) is 4.79 Å². The maximum Gasteiger partial charge on any atom is 0.225 e. The lowest BCUT2D eigenvalue weighted by Crippen LogP contribution is -2.34. The van der Waals surface area contributed by atoms with Gasteiger partial charge in [0, 0.05) is 25.2 Å². The van der Waals surface area contributed by atoms with Crippen molar-refractivity contribution in [2.24, 2.45) is 5.92 Å². The Morgan fingerprint density at radius 2 is 2.26 bits per heavy atom. The number of carbonyl (C=O) groups excluding carboxylic acids is 1. The number of hydrogen-bond acceptors (Lipinski definition) is 5. The number of rotatable bonds is 4. The molecular weight excluding hydrogens is 244 g/mol. The third-order valence-corrected chi connectivity index (χ3v) is 3.64. The Balaban J connectivity index is 1.62. The van der Waals surface area contributed by atoms with Gasteiger partial charge in [-0.05, 0) is 19.3 Å². The van der Waals surface area contributed by atoms with Crippen LogP contribution in [0.4, 0.5) is 5.82 Å². The summed E-state index contributed by atoms with van der Waals surface area (Å²) in [5, 5.41) is 3.07. The second kappa shape index (κ2) is 5.03. The molecule has 1 atom stereocenters. The molecule has 1 saturated heterocycles. The number of amides is 1. The van der Waals surface area contributed by atoms with E-state index in [1.807, 2.05) is 0 Å². The van der Waals surface area contributed by atoms with Crippen molar-refractivity contribution >= 4 is 11.7 Å². The first-order chi connectivity index (χ1) is 9.26. The number of ether oxygens (including phenoxy) is 1. The van der Waals surface area contributed by atoms with Crippen LogP contribution in [-0.2, 0) is 4.79 Å². The molecule has 0 bridgehead atoms. The van der Waals surface area contributed by atoms with Gasteiger partial charge in [-0.1, -0.05) is 0 Å². The molecule has 2 heterocycles. The predicted octanol–water partition coefficient (Wildman–Crippen LogP) is 0.590.